The lowest BCUT2D eigenvalue weighted by atomic mass is 9.90. The van der Waals surface area contributed by atoms with Crippen LogP contribution in [0.5, 0.6) is 0 Å². The van der Waals surface area contributed by atoms with E-state index in [4.69, 9.17) is 5.73 Å². The number of hydrogen-bond donors (Lipinski definition) is 2. The fourth-order valence-corrected chi connectivity index (χ4v) is 3.95. The predicted molar refractivity (Wildman–Crippen MR) is 124 cm³/mol. The molecule has 0 aliphatic rings. The van der Waals surface area contributed by atoms with E-state index >= 15 is 0 Å². The average Bonchev–Trinajstić information content (AvgIpc) is 2.80. The second kappa shape index (κ2) is 9.26. The number of fused-ring (bicyclic) bond motifs is 1. The van der Waals surface area contributed by atoms with Crippen LogP contribution in [0.1, 0.15) is 22.6 Å². The molecule has 154 valence electrons. The maximum atomic E-state index is 13.4. The summed E-state index contributed by atoms with van der Waals surface area (Å²) in [7, 11) is 0. The molecule has 0 radical (unpaired) electrons. The van der Waals surface area contributed by atoms with Gasteiger partial charge in [-0.3, -0.25) is 9.59 Å². The highest BCUT2D eigenvalue weighted by atomic mass is 16.2. The molecular weight excluding hydrogens is 384 g/mol. The number of carbonyl (C=O) groups excluding carboxylic acids is 2. The minimum absolute atomic E-state index is 0.249. The number of nitrogens with one attached hydrogen (secondary N) is 1. The van der Waals surface area contributed by atoms with Crippen LogP contribution in [0.2, 0.25) is 0 Å². The van der Waals surface area contributed by atoms with Gasteiger partial charge in [-0.2, -0.15) is 0 Å². The third kappa shape index (κ3) is 4.64. The SMILES string of the molecule is NC(=O)[C@H](Cc1cccc2ccccc12)NC(=O)C(c1ccccc1)c1ccccc1. The van der Waals surface area contributed by atoms with E-state index in [-0.39, 0.29) is 5.91 Å². The number of amides is 2. The van der Waals surface area contributed by atoms with Crippen LogP contribution in [0.15, 0.2) is 103 Å². The summed E-state index contributed by atoms with van der Waals surface area (Å²) in [6, 6.07) is 32.2. The number of hydrogen-bond acceptors (Lipinski definition) is 2. The van der Waals surface area contributed by atoms with Gasteiger partial charge in [-0.05, 0) is 27.5 Å². The Morgan fingerprint density at radius 2 is 1.26 bits per heavy atom. The number of primary amides is 1. The van der Waals surface area contributed by atoms with Gasteiger partial charge in [-0.15, -0.1) is 0 Å². The molecule has 4 rings (SSSR count). The first-order valence-corrected chi connectivity index (χ1v) is 10.3. The molecule has 0 aromatic heterocycles. The molecule has 0 heterocycles. The predicted octanol–water partition coefficient (Wildman–Crippen LogP) is 4.18. The van der Waals surface area contributed by atoms with Crippen LogP contribution in [0, 0.1) is 0 Å². The number of carbonyl (C=O) groups is 2. The molecule has 0 saturated heterocycles. The molecule has 2 amide bonds. The molecule has 4 aromatic carbocycles. The molecule has 3 N–H and O–H groups in total. The van der Waals surface area contributed by atoms with Crippen molar-refractivity contribution < 1.29 is 9.59 Å². The Balaban J connectivity index is 1.63. The summed E-state index contributed by atoms with van der Waals surface area (Å²) in [6.45, 7) is 0. The summed E-state index contributed by atoms with van der Waals surface area (Å²) >= 11 is 0. The van der Waals surface area contributed by atoms with Gasteiger partial charge in [0, 0.05) is 6.42 Å². The van der Waals surface area contributed by atoms with Crippen molar-refractivity contribution in [3.63, 3.8) is 0 Å². The van der Waals surface area contributed by atoms with Gasteiger partial charge in [0.15, 0.2) is 0 Å². The minimum atomic E-state index is -0.812. The number of nitrogens with two attached hydrogens (primary N) is 1. The average molecular weight is 409 g/mol. The Hall–Kier alpha value is -3.92. The highest BCUT2D eigenvalue weighted by Crippen LogP contribution is 2.25. The van der Waals surface area contributed by atoms with Gasteiger partial charge in [-0.1, -0.05) is 103 Å². The summed E-state index contributed by atoms with van der Waals surface area (Å²) in [6.07, 6.45) is 0.332. The zero-order valence-corrected chi connectivity index (χ0v) is 17.1. The number of rotatable bonds is 7. The molecular formula is C27H24N2O2. The highest BCUT2D eigenvalue weighted by molar-refractivity contribution is 5.93. The van der Waals surface area contributed by atoms with E-state index in [1.807, 2.05) is 103 Å². The summed E-state index contributed by atoms with van der Waals surface area (Å²) < 4.78 is 0. The molecule has 0 unspecified atom stereocenters. The quantitative estimate of drug-likeness (QED) is 0.481. The lowest BCUT2D eigenvalue weighted by molar-refractivity contribution is -0.127. The zero-order chi connectivity index (χ0) is 21.6. The van der Waals surface area contributed by atoms with Crippen molar-refractivity contribution in [2.75, 3.05) is 0 Å². The second-order valence-corrected chi connectivity index (χ2v) is 7.56. The van der Waals surface area contributed by atoms with Crippen LogP contribution in [0.3, 0.4) is 0 Å². The van der Waals surface area contributed by atoms with Crippen LogP contribution < -0.4 is 11.1 Å². The molecule has 31 heavy (non-hydrogen) atoms. The lowest BCUT2D eigenvalue weighted by Gasteiger charge is -2.22. The van der Waals surface area contributed by atoms with E-state index in [2.05, 4.69) is 5.32 Å². The first-order chi connectivity index (χ1) is 15.1. The van der Waals surface area contributed by atoms with Crippen LogP contribution in [-0.2, 0) is 16.0 Å². The number of benzene rings is 4. The molecule has 0 bridgehead atoms. The third-order valence-corrected chi connectivity index (χ3v) is 5.49. The molecule has 1 atom stereocenters. The van der Waals surface area contributed by atoms with E-state index in [9.17, 15) is 9.59 Å². The first-order valence-electron chi connectivity index (χ1n) is 10.3. The molecule has 0 spiro atoms. The van der Waals surface area contributed by atoms with Crippen LogP contribution in [0.4, 0.5) is 0 Å². The van der Waals surface area contributed by atoms with E-state index < -0.39 is 17.9 Å². The fourth-order valence-electron chi connectivity index (χ4n) is 3.95. The van der Waals surface area contributed by atoms with Gasteiger partial charge in [-0.25, -0.2) is 0 Å². The van der Waals surface area contributed by atoms with Crippen molar-refractivity contribution in [1.82, 2.24) is 5.32 Å². The molecule has 4 heteroatoms. The highest BCUT2D eigenvalue weighted by Gasteiger charge is 2.27. The van der Waals surface area contributed by atoms with E-state index in [0.717, 1.165) is 27.5 Å². The van der Waals surface area contributed by atoms with Crippen molar-refractivity contribution in [3.05, 3.63) is 120 Å². The van der Waals surface area contributed by atoms with Gasteiger partial charge in [0.05, 0.1) is 5.92 Å². The molecule has 4 aromatic rings. The van der Waals surface area contributed by atoms with E-state index in [1.54, 1.807) is 0 Å². The zero-order valence-electron chi connectivity index (χ0n) is 17.1. The van der Waals surface area contributed by atoms with Gasteiger partial charge < -0.3 is 11.1 Å². The van der Waals surface area contributed by atoms with Crippen molar-refractivity contribution in [2.45, 2.75) is 18.4 Å². The topological polar surface area (TPSA) is 72.2 Å². The standard InChI is InChI=1S/C27H24N2O2/c28-26(30)24(18-22-16-9-15-19-10-7-8-17-23(19)22)29-27(31)25(20-11-3-1-4-12-20)21-13-5-2-6-14-21/h1-17,24-25H,18H2,(H2,28,30)(H,29,31)/t24-/m0/s1. The van der Waals surface area contributed by atoms with Crippen LogP contribution in [-0.4, -0.2) is 17.9 Å². The Labute approximate surface area is 181 Å². The van der Waals surface area contributed by atoms with E-state index in [1.165, 1.54) is 0 Å². The normalized spacial score (nSPS) is 11.9. The Morgan fingerprint density at radius 3 is 1.87 bits per heavy atom. The van der Waals surface area contributed by atoms with Crippen molar-refractivity contribution in [1.29, 1.82) is 0 Å². The van der Waals surface area contributed by atoms with Gasteiger partial charge in [0.2, 0.25) is 11.8 Å². The second-order valence-electron chi connectivity index (χ2n) is 7.56. The third-order valence-electron chi connectivity index (χ3n) is 5.49. The monoisotopic (exact) mass is 408 g/mol. The Kier molecular flexibility index (Phi) is 6.08. The van der Waals surface area contributed by atoms with Crippen molar-refractivity contribution in [3.8, 4) is 0 Å². The van der Waals surface area contributed by atoms with E-state index in [0.29, 0.717) is 6.42 Å². The largest absolute Gasteiger partial charge is 0.368 e. The molecule has 0 aliphatic carbocycles. The lowest BCUT2D eigenvalue weighted by Crippen LogP contribution is -2.47. The Morgan fingerprint density at radius 1 is 0.710 bits per heavy atom. The fraction of sp³-hybridized carbons (Fsp3) is 0.111. The van der Waals surface area contributed by atoms with Gasteiger partial charge in [0.25, 0.3) is 0 Å². The summed E-state index contributed by atoms with van der Waals surface area (Å²) in [5, 5.41) is 5.05. The maximum absolute atomic E-state index is 13.4. The summed E-state index contributed by atoms with van der Waals surface area (Å²) in [4.78, 5) is 25.7. The Bertz CT molecular complexity index is 1140. The first kappa shape index (κ1) is 20.4. The molecule has 0 fully saturated rings. The maximum Gasteiger partial charge on any atom is 0.240 e. The smallest absolute Gasteiger partial charge is 0.240 e. The molecule has 4 nitrogen and oxygen atoms in total. The summed E-state index contributed by atoms with van der Waals surface area (Å²) in [5.74, 6) is -1.33. The van der Waals surface area contributed by atoms with Gasteiger partial charge in [0.1, 0.15) is 6.04 Å². The minimum Gasteiger partial charge on any atom is -0.368 e. The van der Waals surface area contributed by atoms with Gasteiger partial charge >= 0.3 is 0 Å². The summed E-state index contributed by atoms with van der Waals surface area (Å²) in [5.41, 5.74) is 8.39. The van der Waals surface area contributed by atoms with Crippen LogP contribution in [0.25, 0.3) is 10.8 Å². The van der Waals surface area contributed by atoms with Crippen molar-refractivity contribution >= 4 is 22.6 Å². The molecule has 0 aliphatic heterocycles. The molecule has 0 saturated carbocycles. The van der Waals surface area contributed by atoms with Crippen molar-refractivity contribution in [2.24, 2.45) is 5.73 Å². The van der Waals surface area contributed by atoms with Crippen LogP contribution >= 0.6 is 0 Å².